The van der Waals surface area contributed by atoms with Crippen LogP contribution in [0.15, 0.2) is 18.2 Å². The highest BCUT2D eigenvalue weighted by atomic mass is 16.6. The van der Waals surface area contributed by atoms with E-state index in [0.29, 0.717) is 0 Å². The molecule has 2 N–H and O–H groups in total. The Kier molecular flexibility index (Phi) is 4.41. The number of para-hydroxylation sites is 1. The topological polar surface area (TPSA) is 119 Å². The molecule has 102 valence electrons. The van der Waals surface area contributed by atoms with Gasteiger partial charge in [-0.25, -0.2) is 4.79 Å². The Bertz CT molecular complexity index is 496. The number of likely N-dealkylation sites (N-methyl/N-ethyl adjacent to an activating group) is 1. The van der Waals surface area contributed by atoms with E-state index in [4.69, 9.17) is 9.84 Å². The van der Waals surface area contributed by atoms with Gasteiger partial charge in [0, 0.05) is 13.1 Å². The van der Waals surface area contributed by atoms with Crippen LogP contribution in [0, 0.1) is 10.1 Å². The molecule has 0 aliphatic heterocycles. The average molecular weight is 268 g/mol. The summed E-state index contributed by atoms with van der Waals surface area (Å²) in [5.41, 5.74) is -0.874. The number of hydrogen-bond acceptors (Lipinski definition) is 5. The Labute approximate surface area is 108 Å². The number of nitro benzene ring substituents is 1. The van der Waals surface area contributed by atoms with Gasteiger partial charge in [-0.2, -0.15) is 0 Å². The molecule has 0 aliphatic carbocycles. The molecule has 19 heavy (non-hydrogen) atoms. The highest BCUT2D eigenvalue weighted by Gasteiger charge is 2.26. The molecular weight excluding hydrogens is 256 g/mol. The lowest BCUT2D eigenvalue weighted by Gasteiger charge is -2.14. The lowest BCUT2D eigenvalue weighted by molar-refractivity contribution is -0.386. The fourth-order valence-corrected chi connectivity index (χ4v) is 1.39. The fraction of sp³-hybridized carbons (Fsp3) is 0.273. The zero-order valence-corrected chi connectivity index (χ0v) is 10.2. The maximum Gasteiger partial charge on any atom is 0.339 e. The van der Waals surface area contributed by atoms with Crippen LogP contribution in [0.3, 0.4) is 0 Å². The minimum absolute atomic E-state index is 0.370. The van der Waals surface area contributed by atoms with Gasteiger partial charge in [-0.1, -0.05) is 6.07 Å². The first-order chi connectivity index (χ1) is 8.88. The van der Waals surface area contributed by atoms with Gasteiger partial charge in [0.25, 0.3) is 5.91 Å². The highest BCUT2D eigenvalue weighted by Crippen LogP contribution is 2.31. The molecule has 0 aromatic heterocycles. The van der Waals surface area contributed by atoms with Gasteiger partial charge in [0.2, 0.25) is 5.75 Å². The van der Waals surface area contributed by atoms with Crippen molar-refractivity contribution < 1.29 is 24.4 Å². The third kappa shape index (κ3) is 3.18. The number of carboxylic acids is 1. The predicted molar refractivity (Wildman–Crippen MR) is 64.2 cm³/mol. The SMILES string of the molecule is CNC(=O)C(C)Oc1c(C(=O)O)cccc1[N+](=O)[O-]. The van der Waals surface area contributed by atoms with Crippen LogP contribution in [-0.4, -0.2) is 35.1 Å². The summed E-state index contributed by atoms with van der Waals surface area (Å²) in [7, 11) is 1.37. The minimum atomic E-state index is -1.37. The number of nitrogens with one attached hydrogen (secondary N) is 1. The van der Waals surface area contributed by atoms with Gasteiger partial charge >= 0.3 is 11.7 Å². The predicted octanol–water partition coefficient (Wildman–Crippen LogP) is 0.806. The third-order valence-corrected chi connectivity index (χ3v) is 2.33. The van der Waals surface area contributed by atoms with Crippen molar-refractivity contribution in [2.24, 2.45) is 0 Å². The maximum absolute atomic E-state index is 11.3. The normalized spacial score (nSPS) is 11.5. The van der Waals surface area contributed by atoms with E-state index in [1.54, 1.807) is 0 Å². The van der Waals surface area contributed by atoms with Gasteiger partial charge in [0.05, 0.1) is 4.92 Å². The van der Waals surface area contributed by atoms with Crippen LogP contribution in [0.4, 0.5) is 5.69 Å². The fourth-order valence-electron chi connectivity index (χ4n) is 1.39. The number of carbonyl (C=O) groups is 2. The smallest absolute Gasteiger partial charge is 0.339 e. The van der Waals surface area contributed by atoms with Crippen LogP contribution in [-0.2, 0) is 4.79 Å². The van der Waals surface area contributed by atoms with Crippen LogP contribution >= 0.6 is 0 Å². The number of hydrogen-bond donors (Lipinski definition) is 2. The van der Waals surface area contributed by atoms with Crippen LogP contribution in [0.25, 0.3) is 0 Å². The zero-order chi connectivity index (χ0) is 14.6. The van der Waals surface area contributed by atoms with E-state index >= 15 is 0 Å². The molecule has 0 fully saturated rings. The van der Waals surface area contributed by atoms with E-state index in [1.807, 2.05) is 0 Å². The number of carboxylic acid groups (broad SMARTS) is 1. The summed E-state index contributed by atoms with van der Waals surface area (Å²) in [6, 6.07) is 3.51. The molecule has 1 rings (SSSR count). The number of aromatic carboxylic acids is 1. The van der Waals surface area contributed by atoms with Crippen LogP contribution in [0.1, 0.15) is 17.3 Å². The molecule has 1 unspecified atom stereocenters. The monoisotopic (exact) mass is 268 g/mol. The Morgan fingerprint density at radius 3 is 2.58 bits per heavy atom. The quantitative estimate of drug-likeness (QED) is 0.602. The molecular formula is C11H12N2O6. The first-order valence-corrected chi connectivity index (χ1v) is 5.27. The summed E-state index contributed by atoms with van der Waals surface area (Å²) in [4.78, 5) is 32.4. The van der Waals surface area contributed by atoms with Crippen molar-refractivity contribution in [2.75, 3.05) is 7.05 Å². The van der Waals surface area contributed by atoms with Gasteiger partial charge in [-0.15, -0.1) is 0 Å². The number of ether oxygens (including phenoxy) is 1. The lowest BCUT2D eigenvalue weighted by atomic mass is 10.1. The number of amides is 1. The molecule has 1 aromatic rings. The molecule has 0 bridgehead atoms. The second kappa shape index (κ2) is 5.80. The van der Waals surface area contributed by atoms with E-state index < -0.39 is 34.3 Å². The van der Waals surface area contributed by atoms with Crippen molar-refractivity contribution in [3.63, 3.8) is 0 Å². The van der Waals surface area contributed by atoms with Crippen LogP contribution in [0.2, 0.25) is 0 Å². The van der Waals surface area contributed by atoms with Crippen molar-refractivity contribution in [2.45, 2.75) is 13.0 Å². The van der Waals surface area contributed by atoms with Gasteiger partial charge in [0.1, 0.15) is 5.56 Å². The third-order valence-electron chi connectivity index (χ3n) is 2.33. The van der Waals surface area contributed by atoms with E-state index in [1.165, 1.54) is 26.1 Å². The number of nitrogens with zero attached hydrogens (tertiary/aromatic N) is 1. The highest BCUT2D eigenvalue weighted by molar-refractivity contribution is 5.93. The lowest BCUT2D eigenvalue weighted by Crippen LogP contribution is -2.34. The molecule has 0 spiro atoms. The Morgan fingerprint density at radius 1 is 1.47 bits per heavy atom. The van der Waals surface area contributed by atoms with Gasteiger partial charge in [0.15, 0.2) is 6.10 Å². The van der Waals surface area contributed by atoms with Crippen molar-refractivity contribution >= 4 is 17.6 Å². The van der Waals surface area contributed by atoms with Crippen molar-refractivity contribution in [3.8, 4) is 5.75 Å². The maximum atomic E-state index is 11.3. The molecule has 0 radical (unpaired) electrons. The summed E-state index contributed by atoms with van der Waals surface area (Å²) in [6.07, 6.45) is -1.05. The first-order valence-electron chi connectivity index (χ1n) is 5.27. The van der Waals surface area contributed by atoms with Gasteiger partial charge in [-0.3, -0.25) is 14.9 Å². The van der Waals surface area contributed by atoms with Crippen molar-refractivity contribution in [1.82, 2.24) is 5.32 Å². The minimum Gasteiger partial charge on any atom is -0.478 e. The summed E-state index contributed by atoms with van der Waals surface area (Å²) in [5.74, 6) is -2.33. The summed E-state index contributed by atoms with van der Waals surface area (Å²) in [6.45, 7) is 1.36. The molecule has 0 heterocycles. The van der Waals surface area contributed by atoms with Crippen LogP contribution < -0.4 is 10.1 Å². The number of benzene rings is 1. The molecule has 8 heteroatoms. The molecule has 0 saturated carbocycles. The van der Waals surface area contributed by atoms with Crippen molar-refractivity contribution in [3.05, 3.63) is 33.9 Å². The molecule has 0 aliphatic rings. The second-order valence-corrected chi connectivity index (χ2v) is 3.59. The average Bonchev–Trinajstić information content (AvgIpc) is 2.37. The van der Waals surface area contributed by atoms with Gasteiger partial charge < -0.3 is 15.2 Å². The standard InChI is InChI=1S/C11H12N2O6/c1-6(10(14)12-2)19-9-7(11(15)16)4-3-5-8(9)13(17)18/h3-6H,1-2H3,(H,12,14)(H,15,16). The number of nitro groups is 1. The van der Waals surface area contributed by atoms with Crippen LogP contribution in [0.5, 0.6) is 5.75 Å². The molecule has 8 nitrogen and oxygen atoms in total. The Hall–Kier alpha value is -2.64. The van der Waals surface area contributed by atoms with Gasteiger partial charge in [-0.05, 0) is 13.0 Å². The van der Waals surface area contributed by atoms with E-state index in [9.17, 15) is 19.7 Å². The molecule has 1 amide bonds. The van der Waals surface area contributed by atoms with E-state index in [0.717, 1.165) is 6.07 Å². The van der Waals surface area contributed by atoms with E-state index in [2.05, 4.69) is 5.32 Å². The Morgan fingerprint density at radius 2 is 2.11 bits per heavy atom. The largest absolute Gasteiger partial charge is 0.478 e. The van der Waals surface area contributed by atoms with E-state index in [-0.39, 0.29) is 5.56 Å². The summed E-state index contributed by atoms with van der Waals surface area (Å²) in [5, 5.41) is 22.1. The summed E-state index contributed by atoms with van der Waals surface area (Å²) >= 11 is 0. The number of carbonyl (C=O) groups excluding carboxylic acids is 1. The zero-order valence-electron chi connectivity index (χ0n) is 10.2. The second-order valence-electron chi connectivity index (χ2n) is 3.59. The van der Waals surface area contributed by atoms with Crippen molar-refractivity contribution in [1.29, 1.82) is 0 Å². The molecule has 1 aromatic carbocycles. The molecule has 1 atom stereocenters. The Balaban J connectivity index is 3.25. The number of rotatable bonds is 5. The summed E-state index contributed by atoms with van der Waals surface area (Å²) < 4.78 is 5.12. The molecule has 0 saturated heterocycles. The first kappa shape index (κ1) is 14.4.